The summed E-state index contributed by atoms with van der Waals surface area (Å²) < 4.78 is 1.97. The number of benzene rings is 2. The van der Waals surface area contributed by atoms with E-state index in [9.17, 15) is 9.90 Å². The molecule has 32 heavy (non-hydrogen) atoms. The smallest absolute Gasteiger partial charge is 0.248 e. The molecule has 2 aromatic carbocycles. The van der Waals surface area contributed by atoms with Gasteiger partial charge in [-0.15, -0.1) is 0 Å². The summed E-state index contributed by atoms with van der Waals surface area (Å²) in [6.45, 7) is 1.86. The van der Waals surface area contributed by atoms with Crippen LogP contribution in [-0.2, 0) is 0 Å². The van der Waals surface area contributed by atoms with Gasteiger partial charge in [-0.2, -0.15) is 5.10 Å². The molecule has 0 bridgehead atoms. The van der Waals surface area contributed by atoms with Gasteiger partial charge in [0.25, 0.3) is 0 Å². The number of primary amides is 1. The van der Waals surface area contributed by atoms with Crippen molar-refractivity contribution in [2.24, 2.45) is 5.73 Å². The van der Waals surface area contributed by atoms with E-state index in [1.807, 2.05) is 16.8 Å². The van der Waals surface area contributed by atoms with Crippen molar-refractivity contribution in [1.82, 2.24) is 25.1 Å². The minimum Gasteiger partial charge on any atom is -0.508 e. The number of nitrogens with two attached hydrogens (primary N) is 1. The molecule has 5 N–H and O–H groups in total. The van der Waals surface area contributed by atoms with Gasteiger partial charge in [0.05, 0.1) is 17.6 Å². The number of carbonyl (C=O) groups excluding carboxylic acids is 1. The molecule has 162 valence electrons. The first-order valence-corrected chi connectivity index (χ1v) is 10.5. The van der Waals surface area contributed by atoms with Crippen LogP contribution >= 0.6 is 0 Å². The lowest BCUT2D eigenvalue weighted by atomic mass is 10.1. The first kappa shape index (κ1) is 20.0. The van der Waals surface area contributed by atoms with Crippen molar-refractivity contribution in [2.75, 3.05) is 18.4 Å². The lowest BCUT2D eigenvalue weighted by Crippen LogP contribution is -2.30. The van der Waals surface area contributed by atoms with Crippen molar-refractivity contribution >= 4 is 28.4 Å². The largest absolute Gasteiger partial charge is 0.508 e. The highest BCUT2D eigenvalue weighted by Crippen LogP contribution is 2.31. The molecule has 0 unspecified atom stereocenters. The first-order valence-electron chi connectivity index (χ1n) is 10.5. The number of nitrogens with one attached hydrogen (secondary N) is 2. The fourth-order valence-electron chi connectivity index (χ4n) is 4.00. The highest BCUT2D eigenvalue weighted by atomic mass is 16.3. The van der Waals surface area contributed by atoms with Crippen LogP contribution < -0.4 is 16.4 Å². The minimum absolute atomic E-state index is 0.140. The van der Waals surface area contributed by atoms with Crippen LogP contribution in [0, 0.1) is 0 Å². The van der Waals surface area contributed by atoms with Crippen LogP contribution in [0.3, 0.4) is 0 Å². The van der Waals surface area contributed by atoms with Crippen LogP contribution in [0.1, 0.15) is 29.2 Å². The normalized spacial score (nSPS) is 14.5. The number of fused-ring (bicyclic) bond motifs is 1. The fraction of sp³-hybridized carbons (Fsp3) is 0.217. The quantitative estimate of drug-likeness (QED) is 0.384. The molecule has 1 saturated heterocycles. The minimum atomic E-state index is -0.499. The molecule has 9 nitrogen and oxygen atoms in total. The average molecular weight is 429 g/mol. The number of rotatable bonds is 5. The van der Waals surface area contributed by atoms with Gasteiger partial charge in [0.2, 0.25) is 5.91 Å². The van der Waals surface area contributed by atoms with Gasteiger partial charge in [-0.3, -0.25) is 4.79 Å². The monoisotopic (exact) mass is 429 g/mol. The number of amides is 1. The van der Waals surface area contributed by atoms with E-state index in [4.69, 9.17) is 15.7 Å². The number of hydrogen-bond acceptors (Lipinski definition) is 7. The summed E-state index contributed by atoms with van der Waals surface area (Å²) in [4.78, 5) is 21.1. The summed E-state index contributed by atoms with van der Waals surface area (Å²) in [6.07, 6.45) is 3.70. The Hall–Kier alpha value is -3.98. The lowest BCUT2D eigenvalue weighted by Gasteiger charge is -2.23. The van der Waals surface area contributed by atoms with Gasteiger partial charge < -0.3 is 21.5 Å². The summed E-state index contributed by atoms with van der Waals surface area (Å²) in [6, 6.07) is 14.0. The zero-order valence-corrected chi connectivity index (χ0v) is 17.3. The number of aromatic hydroxyl groups is 1. The number of carbonyl (C=O) groups is 1. The summed E-state index contributed by atoms with van der Waals surface area (Å²) in [7, 11) is 0. The molecule has 1 aliphatic rings. The second kappa shape index (κ2) is 8.27. The van der Waals surface area contributed by atoms with Crippen LogP contribution in [0.4, 0.5) is 11.5 Å². The molecule has 4 aromatic rings. The third-order valence-electron chi connectivity index (χ3n) is 5.62. The summed E-state index contributed by atoms with van der Waals surface area (Å²) in [5.41, 5.74) is 7.93. The van der Waals surface area contributed by atoms with Crippen LogP contribution in [0.2, 0.25) is 0 Å². The molecule has 0 aliphatic carbocycles. The van der Waals surface area contributed by atoms with Gasteiger partial charge in [-0.1, -0.05) is 18.2 Å². The summed E-state index contributed by atoms with van der Waals surface area (Å²) in [5.74, 6) is 0.676. The number of nitrogens with zero attached hydrogens (tertiary/aromatic N) is 4. The number of hydrogen-bond donors (Lipinski definition) is 4. The zero-order valence-electron chi connectivity index (χ0n) is 17.3. The maximum absolute atomic E-state index is 11.6. The van der Waals surface area contributed by atoms with Crippen LogP contribution in [-0.4, -0.2) is 43.9 Å². The molecule has 0 saturated carbocycles. The molecule has 5 rings (SSSR count). The molecule has 1 amide bonds. The molecule has 0 spiro atoms. The number of piperidine rings is 1. The Morgan fingerprint density at radius 3 is 2.72 bits per heavy atom. The van der Waals surface area contributed by atoms with Gasteiger partial charge in [-0.25, -0.2) is 14.6 Å². The SMILES string of the molecule is NC(=O)c1cccc(Nc2nc(-c3cccc(O)c3)nc3c2cnn3C2CCNCC2)c1. The molecule has 1 aliphatic heterocycles. The van der Waals surface area contributed by atoms with E-state index < -0.39 is 5.91 Å². The third kappa shape index (κ3) is 3.85. The number of aromatic nitrogens is 4. The predicted octanol–water partition coefficient (Wildman–Crippen LogP) is 2.97. The summed E-state index contributed by atoms with van der Waals surface area (Å²) >= 11 is 0. The van der Waals surface area contributed by atoms with Gasteiger partial charge in [-0.05, 0) is 56.3 Å². The maximum atomic E-state index is 11.6. The van der Waals surface area contributed by atoms with Crippen molar-refractivity contribution in [3.05, 3.63) is 60.3 Å². The fourth-order valence-corrected chi connectivity index (χ4v) is 4.00. The van der Waals surface area contributed by atoms with E-state index >= 15 is 0 Å². The predicted molar refractivity (Wildman–Crippen MR) is 122 cm³/mol. The van der Waals surface area contributed by atoms with Crippen molar-refractivity contribution < 1.29 is 9.90 Å². The number of anilines is 2. The third-order valence-corrected chi connectivity index (χ3v) is 5.62. The molecule has 3 heterocycles. The molecule has 0 radical (unpaired) electrons. The Morgan fingerprint density at radius 2 is 1.94 bits per heavy atom. The highest BCUT2D eigenvalue weighted by Gasteiger charge is 2.21. The van der Waals surface area contributed by atoms with Crippen molar-refractivity contribution in [3.63, 3.8) is 0 Å². The molecule has 1 fully saturated rings. The van der Waals surface area contributed by atoms with Crippen molar-refractivity contribution in [1.29, 1.82) is 0 Å². The molecular weight excluding hydrogens is 406 g/mol. The van der Waals surface area contributed by atoms with E-state index in [0.717, 1.165) is 37.0 Å². The van der Waals surface area contributed by atoms with Crippen molar-refractivity contribution in [3.8, 4) is 17.1 Å². The standard InChI is InChI=1S/C23H23N7O2/c24-20(32)14-3-1-5-16(11-14)27-22-19-13-26-30(17-7-9-25-10-8-17)23(19)29-21(28-22)15-4-2-6-18(31)12-15/h1-6,11-13,17,25,31H,7-10H2,(H2,24,32)(H,27,28,29). The number of phenols is 1. The average Bonchev–Trinajstić information content (AvgIpc) is 3.24. The van der Waals surface area contributed by atoms with Gasteiger partial charge in [0.1, 0.15) is 11.6 Å². The second-order valence-corrected chi connectivity index (χ2v) is 7.82. The Kier molecular flexibility index (Phi) is 5.16. The molecule has 2 aromatic heterocycles. The van der Waals surface area contributed by atoms with E-state index in [1.54, 1.807) is 42.6 Å². The van der Waals surface area contributed by atoms with E-state index in [1.165, 1.54) is 0 Å². The Bertz CT molecular complexity index is 1290. The number of phenolic OH excluding ortho intramolecular Hbond substituents is 1. The summed E-state index contributed by atoms with van der Waals surface area (Å²) in [5, 5.41) is 22.0. The Labute approximate surface area is 184 Å². The second-order valence-electron chi connectivity index (χ2n) is 7.82. The van der Waals surface area contributed by atoms with E-state index in [-0.39, 0.29) is 11.8 Å². The lowest BCUT2D eigenvalue weighted by molar-refractivity contribution is 0.100. The van der Waals surface area contributed by atoms with E-state index in [2.05, 4.69) is 15.7 Å². The van der Waals surface area contributed by atoms with Gasteiger partial charge in [0, 0.05) is 16.8 Å². The van der Waals surface area contributed by atoms with Crippen LogP contribution in [0.5, 0.6) is 5.75 Å². The van der Waals surface area contributed by atoms with E-state index in [0.29, 0.717) is 28.5 Å². The highest BCUT2D eigenvalue weighted by molar-refractivity contribution is 5.95. The topological polar surface area (TPSA) is 131 Å². The van der Waals surface area contributed by atoms with Crippen LogP contribution in [0.15, 0.2) is 54.7 Å². The zero-order chi connectivity index (χ0) is 22.1. The van der Waals surface area contributed by atoms with Gasteiger partial charge in [0.15, 0.2) is 11.5 Å². The molecule has 9 heteroatoms. The van der Waals surface area contributed by atoms with Gasteiger partial charge >= 0.3 is 0 Å². The maximum Gasteiger partial charge on any atom is 0.248 e. The van der Waals surface area contributed by atoms with Crippen molar-refractivity contribution in [2.45, 2.75) is 18.9 Å². The molecule has 0 atom stereocenters. The van der Waals surface area contributed by atoms with Crippen LogP contribution in [0.25, 0.3) is 22.4 Å². The molecular formula is C23H23N7O2. The first-order chi connectivity index (χ1) is 15.6. The Balaban J connectivity index is 1.64. The Morgan fingerprint density at radius 1 is 1.12 bits per heavy atom.